The first-order valence-electron chi connectivity index (χ1n) is 5.16. The number of nitrogens with one attached hydrogen (secondary N) is 1. The summed E-state index contributed by atoms with van der Waals surface area (Å²) in [7, 11) is 0. The van der Waals surface area contributed by atoms with Gasteiger partial charge in [0.15, 0.2) is 0 Å². The van der Waals surface area contributed by atoms with Gasteiger partial charge in [-0.05, 0) is 47.8 Å². The monoisotopic (exact) mass is 270 g/mol. The molecule has 1 fully saturated rings. The number of pyridine rings is 1. The van der Waals surface area contributed by atoms with Crippen molar-refractivity contribution in [2.75, 3.05) is 18.5 Å². The topological polar surface area (TPSA) is 34.2 Å². The molecule has 82 valence electrons. The van der Waals surface area contributed by atoms with Gasteiger partial charge in [0, 0.05) is 18.8 Å². The largest absolute Gasteiger partial charge is 0.381 e. The maximum Gasteiger partial charge on any atom is 0.127 e. The van der Waals surface area contributed by atoms with E-state index in [1.54, 1.807) is 0 Å². The summed E-state index contributed by atoms with van der Waals surface area (Å²) < 4.78 is 6.22. The third kappa shape index (κ3) is 2.92. The maximum atomic E-state index is 5.36. The van der Waals surface area contributed by atoms with Crippen molar-refractivity contribution in [2.24, 2.45) is 0 Å². The van der Waals surface area contributed by atoms with Crippen LogP contribution in [0.15, 0.2) is 22.8 Å². The summed E-state index contributed by atoms with van der Waals surface area (Å²) in [5.41, 5.74) is 0.117. The van der Waals surface area contributed by atoms with Crippen LogP contribution in [0.4, 0.5) is 5.82 Å². The van der Waals surface area contributed by atoms with Gasteiger partial charge in [-0.2, -0.15) is 0 Å². The Labute approximate surface area is 98.4 Å². The van der Waals surface area contributed by atoms with Crippen LogP contribution in [0.25, 0.3) is 0 Å². The van der Waals surface area contributed by atoms with Crippen molar-refractivity contribution >= 4 is 21.7 Å². The zero-order chi connectivity index (χ0) is 10.7. The molecule has 0 atom stereocenters. The number of anilines is 1. The van der Waals surface area contributed by atoms with Crippen LogP contribution in [0, 0.1) is 0 Å². The average Bonchev–Trinajstić information content (AvgIpc) is 2.18. The van der Waals surface area contributed by atoms with Gasteiger partial charge < -0.3 is 10.1 Å². The summed E-state index contributed by atoms with van der Waals surface area (Å²) in [4.78, 5) is 4.38. The molecule has 1 aliphatic rings. The molecule has 1 saturated heterocycles. The molecule has 0 aliphatic carbocycles. The van der Waals surface area contributed by atoms with Crippen molar-refractivity contribution < 1.29 is 4.74 Å². The average molecular weight is 271 g/mol. The Morgan fingerprint density at radius 2 is 2.13 bits per heavy atom. The molecule has 3 nitrogen and oxygen atoms in total. The number of ether oxygens (including phenoxy) is 1. The molecule has 1 aliphatic heterocycles. The minimum Gasteiger partial charge on any atom is -0.381 e. The van der Waals surface area contributed by atoms with Crippen LogP contribution in [-0.2, 0) is 4.74 Å². The Bertz CT molecular complexity index is 337. The van der Waals surface area contributed by atoms with Gasteiger partial charge in [0.25, 0.3) is 0 Å². The van der Waals surface area contributed by atoms with Crippen molar-refractivity contribution in [3.8, 4) is 0 Å². The number of halogens is 1. The van der Waals surface area contributed by atoms with Crippen molar-refractivity contribution in [3.05, 3.63) is 22.8 Å². The van der Waals surface area contributed by atoms with E-state index in [2.05, 4.69) is 33.2 Å². The molecule has 0 amide bonds. The molecule has 0 spiro atoms. The number of hydrogen-bond donors (Lipinski definition) is 1. The van der Waals surface area contributed by atoms with Crippen molar-refractivity contribution in [2.45, 2.75) is 25.3 Å². The molecule has 2 rings (SSSR count). The number of aromatic nitrogens is 1. The third-order valence-electron chi connectivity index (χ3n) is 2.74. The first kappa shape index (κ1) is 10.9. The molecule has 0 aromatic carbocycles. The Morgan fingerprint density at radius 3 is 2.80 bits per heavy atom. The second kappa shape index (κ2) is 4.49. The summed E-state index contributed by atoms with van der Waals surface area (Å²) in [6.45, 7) is 3.88. The normalized spacial score (nSPS) is 19.9. The van der Waals surface area contributed by atoms with Gasteiger partial charge in [0.2, 0.25) is 0 Å². The van der Waals surface area contributed by atoms with Gasteiger partial charge in [-0.3, -0.25) is 0 Å². The van der Waals surface area contributed by atoms with Crippen molar-refractivity contribution in [1.29, 1.82) is 0 Å². The molecule has 1 aromatic heterocycles. The Kier molecular flexibility index (Phi) is 3.26. The van der Waals surface area contributed by atoms with Gasteiger partial charge in [-0.15, -0.1) is 0 Å². The molecular weight excluding hydrogens is 256 g/mol. The lowest BCUT2D eigenvalue weighted by atomic mass is 9.92. The summed E-state index contributed by atoms with van der Waals surface area (Å²) in [5, 5.41) is 3.48. The number of nitrogens with zero attached hydrogens (tertiary/aromatic N) is 1. The molecule has 0 unspecified atom stereocenters. The highest BCUT2D eigenvalue weighted by Gasteiger charge is 2.27. The first-order valence-corrected chi connectivity index (χ1v) is 5.96. The van der Waals surface area contributed by atoms with E-state index in [0.29, 0.717) is 0 Å². The molecule has 0 radical (unpaired) electrons. The van der Waals surface area contributed by atoms with Crippen LogP contribution in [0.3, 0.4) is 0 Å². The summed E-state index contributed by atoms with van der Waals surface area (Å²) >= 11 is 3.37. The molecule has 1 N–H and O–H groups in total. The van der Waals surface area contributed by atoms with Crippen molar-refractivity contribution in [1.82, 2.24) is 4.98 Å². The van der Waals surface area contributed by atoms with E-state index in [4.69, 9.17) is 4.74 Å². The van der Waals surface area contributed by atoms with Gasteiger partial charge in [0.05, 0.1) is 0 Å². The van der Waals surface area contributed by atoms with Crippen LogP contribution >= 0.6 is 15.9 Å². The van der Waals surface area contributed by atoms with Gasteiger partial charge >= 0.3 is 0 Å². The molecule has 15 heavy (non-hydrogen) atoms. The Balaban J connectivity index is 2.06. The Morgan fingerprint density at radius 1 is 1.40 bits per heavy atom. The van der Waals surface area contributed by atoms with Gasteiger partial charge in [-0.1, -0.05) is 6.07 Å². The van der Waals surface area contributed by atoms with E-state index < -0.39 is 0 Å². The number of hydrogen-bond acceptors (Lipinski definition) is 3. The second-order valence-corrected chi connectivity index (χ2v) is 4.96. The predicted octanol–water partition coefficient (Wildman–Crippen LogP) is 2.83. The van der Waals surface area contributed by atoms with Crippen LogP contribution in [0.1, 0.15) is 19.8 Å². The SMILES string of the molecule is CC1(Nc2cccc(Br)n2)CCOCC1. The lowest BCUT2D eigenvalue weighted by Gasteiger charge is -2.34. The molecular formula is C11H15BrN2O. The van der Waals surface area contributed by atoms with E-state index in [-0.39, 0.29) is 5.54 Å². The maximum absolute atomic E-state index is 5.36. The van der Waals surface area contributed by atoms with Crippen molar-refractivity contribution in [3.63, 3.8) is 0 Å². The zero-order valence-corrected chi connectivity index (χ0v) is 10.4. The standard InChI is InChI=1S/C11H15BrN2O/c1-11(5-7-15-8-6-11)14-10-4-2-3-9(12)13-10/h2-4H,5-8H2,1H3,(H,13,14). The Hall–Kier alpha value is -0.610. The van der Waals surface area contributed by atoms with E-state index >= 15 is 0 Å². The smallest absolute Gasteiger partial charge is 0.127 e. The van der Waals surface area contributed by atoms with Crippen LogP contribution in [-0.4, -0.2) is 23.7 Å². The summed E-state index contributed by atoms with van der Waals surface area (Å²) in [6.07, 6.45) is 2.06. The molecule has 0 bridgehead atoms. The lowest BCUT2D eigenvalue weighted by molar-refractivity contribution is 0.0657. The highest BCUT2D eigenvalue weighted by atomic mass is 79.9. The second-order valence-electron chi connectivity index (χ2n) is 4.14. The van der Waals surface area contributed by atoms with E-state index in [0.717, 1.165) is 36.5 Å². The van der Waals surface area contributed by atoms with E-state index in [1.165, 1.54) is 0 Å². The van der Waals surface area contributed by atoms with Crippen LogP contribution in [0.2, 0.25) is 0 Å². The predicted molar refractivity (Wildman–Crippen MR) is 64.0 cm³/mol. The van der Waals surface area contributed by atoms with Gasteiger partial charge in [-0.25, -0.2) is 4.98 Å². The van der Waals surface area contributed by atoms with Crippen LogP contribution in [0.5, 0.6) is 0 Å². The fourth-order valence-electron chi connectivity index (χ4n) is 1.73. The first-order chi connectivity index (χ1) is 7.18. The summed E-state index contributed by atoms with van der Waals surface area (Å²) in [5.74, 6) is 0.925. The zero-order valence-electron chi connectivity index (χ0n) is 8.79. The van der Waals surface area contributed by atoms with Crippen LogP contribution < -0.4 is 5.32 Å². The lowest BCUT2D eigenvalue weighted by Crippen LogP contribution is -2.40. The molecule has 1 aromatic rings. The highest BCUT2D eigenvalue weighted by Crippen LogP contribution is 2.24. The quantitative estimate of drug-likeness (QED) is 0.840. The highest BCUT2D eigenvalue weighted by molar-refractivity contribution is 9.10. The number of rotatable bonds is 2. The molecule has 4 heteroatoms. The molecule has 2 heterocycles. The minimum absolute atomic E-state index is 0.117. The fraction of sp³-hybridized carbons (Fsp3) is 0.545. The third-order valence-corrected chi connectivity index (χ3v) is 3.18. The summed E-state index contributed by atoms with van der Waals surface area (Å²) in [6, 6.07) is 5.91. The molecule has 0 saturated carbocycles. The van der Waals surface area contributed by atoms with Gasteiger partial charge in [0.1, 0.15) is 10.4 Å². The fourth-order valence-corrected chi connectivity index (χ4v) is 2.08. The minimum atomic E-state index is 0.117. The van der Waals surface area contributed by atoms with E-state index in [9.17, 15) is 0 Å². The van der Waals surface area contributed by atoms with E-state index in [1.807, 2.05) is 18.2 Å².